The molecule has 1 heterocycles. The molecule has 1 atom stereocenters. The summed E-state index contributed by atoms with van der Waals surface area (Å²) in [7, 11) is 0. The van der Waals surface area contributed by atoms with Gasteiger partial charge in [0.2, 0.25) is 0 Å². The summed E-state index contributed by atoms with van der Waals surface area (Å²) >= 11 is 0.134. The van der Waals surface area contributed by atoms with Crippen LogP contribution >= 0.6 is 0 Å². The third-order valence-corrected chi connectivity index (χ3v) is 4.17. The molecule has 9 heavy (non-hydrogen) atoms. The van der Waals surface area contributed by atoms with Gasteiger partial charge in [0, 0.05) is 0 Å². The second-order valence-corrected chi connectivity index (χ2v) is 4.87. The van der Waals surface area contributed by atoms with E-state index in [4.69, 9.17) is 0 Å². The van der Waals surface area contributed by atoms with Crippen molar-refractivity contribution in [2.75, 3.05) is 11.5 Å². The number of rotatable bonds is 1. The average Bonchev–Trinajstić information content (AvgIpc) is 1.89. The summed E-state index contributed by atoms with van der Waals surface area (Å²) in [6.45, 7) is 0.902. The van der Waals surface area contributed by atoms with Crippen LogP contribution in [-0.2, 0) is 4.79 Å². The fourth-order valence-electron chi connectivity index (χ4n) is 0.943. The van der Waals surface area contributed by atoms with Crippen molar-refractivity contribution in [3.8, 4) is 0 Å². The SMILES string of the molecule is C[I-][C@@H]1CCCNC1=O. The Morgan fingerprint density at radius 3 is 3.00 bits per heavy atom. The minimum atomic E-state index is 0.134. The molecule has 0 bridgehead atoms. The Hall–Kier alpha value is 0.200. The van der Waals surface area contributed by atoms with Crippen LogP contribution in [0.2, 0.25) is 0 Å². The fraction of sp³-hybridized carbons (Fsp3) is 0.833. The Balaban J connectivity index is 2.39. The predicted octanol–water partition coefficient (Wildman–Crippen LogP) is -3.02. The molecular weight excluding hydrogens is 229 g/mol. The maximum absolute atomic E-state index is 10.9. The van der Waals surface area contributed by atoms with Crippen LogP contribution in [-0.4, -0.2) is 21.3 Å². The van der Waals surface area contributed by atoms with Crippen molar-refractivity contribution in [1.82, 2.24) is 5.32 Å². The number of hydrogen-bond acceptors (Lipinski definition) is 1. The van der Waals surface area contributed by atoms with Gasteiger partial charge in [-0.05, 0) is 0 Å². The standard InChI is InChI=1S/C6H11INO/c1-7-5-3-2-4-8-6(5)9/h5H,2-4H2,1H3,(H,8,9)/q-1/t5-/m1/s1. The van der Waals surface area contributed by atoms with E-state index in [0.29, 0.717) is 9.83 Å². The average molecular weight is 240 g/mol. The molecule has 0 aromatic rings. The van der Waals surface area contributed by atoms with Gasteiger partial charge in [-0.15, -0.1) is 0 Å². The van der Waals surface area contributed by atoms with E-state index in [1.54, 1.807) is 0 Å². The second-order valence-electron chi connectivity index (χ2n) is 2.12. The molecule has 0 saturated carbocycles. The predicted molar refractivity (Wildman–Crippen MR) is 32.0 cm³/mol. The third kappa shape index (κ3) is 1.81. The van der Waals surface area contributed by atoms with Crippen LogP contribution in [0.3, 0.4) is 0 Å². The zero-order valence-electron chi connectivity index (χ0n) is 5.48. The molecule has 0 spiro atoms. The van der Waals surface area contributed by atoms with E-state index in [0.717, 1.165) is 13.0 Å². The molecule has 1 amide bonds. The van der Waals surface area contributed by atoms with Gasteiger partial charge in [-0.2, -0.15) is 0 Å². The van der Waals surface area contributed by atoms with Gasteiger partial charge < -0.3 is 0 Å². The molecule has 0 radical (unpaired) electrons. The van der Waals surface area contributed by atoms with E-state index in [2.05, 4.69) is 10.2 Å². The number of carbonyl (C=O) groups excluding carboxylic acids is 1. The van der Waals surface area contributed by atoms with Gasteiger partial charge in [0.25, 0.3) is 0 Å². The van der Waals surface area contributed by atoms with E-state index >= 15 is 0 Å². The number of nitrogens with one attached hydrogen (secondary N) is 1. The topological polar surface area (TPSA) is 29.1 Å². The monoisotopic (exact) mass is 240 g/mol. The minimum absolute atomic E-state index is 0.134. The van der Waals surface area contributed by atoms with Crippen molar-refractivity contribution >= 4 is 5.91 Å². The number of amides is 1. The Morgan fingerprint density at radius 1 is 1.78 bits per heavy atom. The first-order chi connectivity index (χ1) is 4.34. The van der Waals surface area contributed by atoms with E-state index in [1.807, 2.05) is 0 Å². The van der Waals surface area contributed by atoms with Gasteiger partial charge in [0.1, 0.15) is 0 Å². The molecule has 1 rings (SSSR count). The van der Waals surface area contributed by atoms with Crippen molar-refractivity contribution in [2.24, 2.45) is 0 Å². The van der Waals surface area contributed by atoms with Crippen LogP contribution in [0.25, 0.3) is 0 Å². The van der Waals surface area contributed by atoms with Gasteiger partial charge in [0.15, 0.2) is 0 Å². The number of carbonyl (C=O) groups is 1. The number of piperidine rings is 1. The summed E-state index contributed by atoms with van der Waals surface area (Å²) < 4.78 is 0.414. The molecule has 0 aliphatic carbocycles. The van der Waals surface area contributed by atoms with Gasteiger partial charge >= 0.3 is 65.5 Å². The van der Waals surface area contributed by atoms with Crippen LogP contribution < -0.4 is 26.5 Å². The number of alkyl halides is 2. The Labute approximate surface area is 65.7 Å². The molecule has 1 N–H and O–H groups in total. The zero-order valence-corrected chi connectivity index (χ0v) is 7.64. The Morgan fingerprint density at radius 2 is 2.56 bits per heavy atom. The van der Waals surface area contributed by atoms with Crippen molar-refractivity contribution in [2.45, 2.75) is 16.8 Å². The van der Waals surface area contributed by atoms with Crippen LogP contribution in [0.5, 0.6) is 0 Å². The molecule has 0 unspecified atom stereocenters. The first-order valence-corrected chi connectivity index (χ1v) is 6.50. The van der Waals surface area contributed by atoms with Gasteiger partial charge in [-0.3, -0.25) is 0 Å². The van der Waals surface area contributed by atoms with Crippen LogP contribution in [0, 0.1) is 0 Å². The quantitative estimate of drug-likeness (QED) is 0.384. The molecule has 3 heteroatoms. The molecule has 1 saturated heterocycles. The molecular formula is C6H11INO-. The second kappa shape index (κ2) is 3.39. The summed E-state index contributed by atoms with van der Waals surface area (Å²) in [5, 5.41) is 2.87. The molecule has 2 nitrogen and oxygen atoms in total. The van der Waals surface area contributed by atoms with Gasteiger partial charge in [-0.1, -0.05) is 0 Å². The number of hydrogen-bond donors (Lipinski definition) is 1. The molecule has 0 aromatic carbocycles. The summed E-state index contributed by atoms with van der Waals surface area (Å²) in [6, 6.07) is 0. The molecule has 1 aliphatic rings. The van der Waals surface area contributed by atoms with E-state index in [-0.39, 0.29) is 21.2 Å². The van der Waals surface area contributed by atoms with E-state index in [9.17, 15) is 4.79 Å². The van der Waals surface area contributed by atoms with Crippen molar-refractivity contribution in [3.05, 3.63) is 0 Å². The van der Waals surface area contributed by atoms with Crippen LogP contribution in [0.1, 0.15) is 12.8 Å². The Kier molecular flexibility index (Phi) is 2.75. The molecule has 1 aliphatic heterocycles. The van der Waals surface area contributed by atoms with Crippen molar-refractivity contribution in [1.29, 1.82) is 0 Å². The molecule has 1 fully saturated rings. The van der Waals surface area contributed by atoms with Crippen molar-refractivity contribution in [3.63, 3.8) is 0 Å². The maximum atomic E-state index is 10.9. The van der Waals surface area contributed by atoms with Crippen LogP contribution in [0.15, 0.2) is 0 Å². The number of halogens is 1. The van der Waals surface area contributed by atoms with E-state index < -0.39 is 0 Å². The summed E-state index contributed by atoms with van der Waals surface area (Å²) in [6.07, 6.45) is 2.32. The van der Waals surface area contributed by atoms with Crippen molar-refractivity contribution < 1.29 is 26.0 Å². The van der Waals surface area contributed by atoms with Gasteiger partial charge in [0.05, 0.1) is 0 Å². The Bertz CT molecular complexity index is 116. The normalized spacial score (nSPS) is 28.1. The molecule has 0 aromatic heterocycles. The summed E-state index contributed by atoms with van der Waals surface area (Å²) in [5.41, 5.74) is 0. The third-order valence-electron chi connectivity index (χ3n) is 1.48. The van der Waals surface area contributed by atoms with Crippen LogP contribution in [0.4, 0.5) is 0 Å². The zero-order chi connectivity index (χ0) is 6.69. The molecule has 54 valence electrons. The first-order valence-electron chi connectivity index (χ1n) is 3.10. The summed E-state index contributed by atoms with van der Waals surface area (Å²) in [5.74, 6) is 0.302. The summed E-state index contributed by atoms with van der Waals surface area (Å²) in [4.78, 5) is 13.1. The fourth-order valence-corrected chi connectivity index (χ4v) is 2.79. The van der Waals surface area contributed by atoms with E-state index in [1.165, 1.54) is 6.42 Å². The first kappa shape index (κ1) is 7.31. The van der Waals surface area contributed by atoms with Gasteiger partial charge in [-0.25, -0.2) is 0 Å².